The highest BCUT2D eigenvalue weighted by Gasteiger charge is 2.29. The predicted molar refractivity (Wildman–Crippen MR) is 74.1 cm³/mol. The molecule has 1 aliphatic rings. The summed E-state index contributed by atoms with van der Waals surface area (Å²) in [6, 6.07) is 0. The van der Waals surface area contributed by atoms with Crippen molar-refractivity contribution in [3.8, 4) is 0 Å². The Hall–Kier alpha value is 0.290. The second kappa shape index (κ2) is 7.58. The van der Waals surface area contributed by atoms with E-state index in [9.17, 15) is 0 Å². The van der Waals surface area contributed by atoms with Gasteiger partial charge in [-0.05, 0) is 43.4 Å². The molecule has 0 aromatic rings. The molecule has 1 fully saturated rings. The van der Waals surface area contributed by atoms with Crippen molar-refractivity contribution in [3.05, 3.63) is 0 Å². The zero-order valence-corrected chi connectivity index (χ0v) is 12.1. The Balaban J connectivity index is 2.36. The molecule has 1 rings (SSSR count). The van der Waals surface area contributed by atoms with Crippen molar-refractivity contribution in [3.63, 3.8) is 0 Å². The third kappa shape index (κ3) is 4.65. The maximum absolute atomic E-state index is 6.49. The predicted octanol–water partition coefficient (Wildman–Crippen LogP) is 5.64. The van der Waals surface area contributed by atoms with E-state index in [1.54, 1.807) is 0 Å². The van der Waals surface area contributed by atoms with Crippen LogP contribution in [0, 0.1) is 17.8 Å². The molecule has 96 valence electrons. The van der Waals surface area contributed by atoms with Crippen LogP contribution < -0.4 is 0 Å². The van der Waals surface area contributed by atoms with Gasteiger partial charge in [-0.15, -0.1) is 11.6 Å². The Bertz CT molecular complexity index is 176. The standard InChI is InChI=1S/C15H29Cl/c1-4-6-12(3)10-14-11-13(7-5-2)8-9-15(14)16/h12-15H,4-11H2,1-3H3. The maximum Gasteiger partial charge on any atom is 0.0364 e. The summed E-state index contributed by atoms with van der Waals surface area (Å²) >= 11 is 6.49. The van der Waals surface area contributed by atoms with Gasteiger partial charge in [0.25, 0.3) is 0 Å². The van der Waals surface area contributed by atoms with Gasteiger partial charge in [-0.3, -0.25) is 0 Å². The third-order valence-electron chi connectivity index (χ3n) is 4.18. The zero-order valence-electron chi connectivity index (χ0n) is 11.3. The van der Waals surface area contributed by atoms with E-state index >= 15 is 0 Å². The normalized spacial score (nSPS) is 32.6. The lowest BCUT2D eigenvalue weighted by atomic mass is 9.75. The van der Waals surface area contributed by atoms with Crippen molar-refractivity contribution in [2.24, 2.45) is 17.8 Å². The quantitative estimate of drug-likeness (QED) is 0.531. The van der Waals surface area contributed by atoms with Crippen LogP contribution in [0.1, 0.15) is 72.1 Å². The average molecular weight is 245 g/mol. The van der Waals surface area contributed by atoms with Gasteiger partial charge in [0.2, 0.25) is 0 Å². The number of alkyl halides is 1. The van der Waals surface area contributed by atoms with E-state index in [0.29, 0.717) is 5.38 Å². The van der Waals surface area contributed by atoms with Crippen LogP contribution in [-0.4, -0.2) is 5.38 Å². The molecule has 4 unspecified atom stereocenters. The molecule has 0 N–H and O–H groups in total. The highest BCUT2D eigenvalue weighted by Crippen LogP contribution is 2.38. The van der Waals surface area contributed by atoms with Crippen LogP contribution in [0.5, 0.6) is 0 Å². The summed E-state index contributed by atoms with van der Waals surface area (Å²) in [5.41, 5.74) is 0. The van der Waals surface area contributed by atoms with Crippen LogP contribution in [0.25, 0.3) is 0 Å². The Labute approximate surface area is 107 Å². The van der Waals surface area contributed by atoms with Gasteiger partial charge in [0.05, 0.1) is 0 Å². The first kappa shape index (κ1) is 14.4. The summed E-state index contributed by atoms with van der Waals surface area (Å²) in [6.45, 7) is 6.99. The number of hydrogen-bond donors (Lipinski definition) is 0. The van der Waals surface area contributed by atoms with E-state index in [4.69, 9.17) is 11.6 Å². The van der Waals surface area contributed by atoms with Gasteiger partial charge < -0.3 is 0 Å². The van der Waals surface area contributed by atoms with Crippen LogP contribution in [0.4, 0.5) is 0 Å². The highest BCUT2D eigenvalue weighted by atomic mass is 35.5. The molecule has 1 aliphatic carbocycles. The Morgan fingerprint density at radius 3 is 2.56 bits per heavy atom. The van der Waals surface area contributed by atoms with E-state index < -0.39 is 0 Å². The lowest BCUT2D eigenvalue weighted by Crippen LogP contribution is -2.27. The molecule has 1 saturated carbocycles. The monoisotopic (exact) mass is 244 g/mol. The first-order valence-electron chi connectivity index (χ1n) is 7.31. The third-order valence-corrected chi connectivity index (χ3v) is 4.76. The minimum atomic E-state index is 0.465. The fourth-order valence-corrected chi connectivity index (χ4v) is 3.70. The molecule has 0 radical (unpaired) electrons. The smallest absolute Gasteiger partial charge is 0.0364 e. The fourth-order valence-electron chi connectivity index (χ4n) is 3.37. The van der Waals surface area contributed by atoms with E-state index in [-0.39, 0.29) is 0 Å². The highest BCUT2D eigenvalue weighted by molar-refractivity contribution is 6.20. The second-order valence-electron chi connectivity index (χ2n) is 5.87. The van der Waals surface area contributed by atoms with E-state index in [0.717, 1.165) is 17.8 Å². The molecule has 0 nitrogen and oxygen atoms in total. The Morgan fingerprint density at radius 1 is 1.19 bits per heavy atom. The lowest BCUT2D eigenvalue weighted by Gasteiger charge is -2.34. The van der Waals surface area contributed by atoms with Crippen LogP contribution >= 0.6 is 11.6 Å². The molecular formula is C15H29Cl. The Kier molecular flexibility index (Phi) is 6.80. The minimum absolute atomic E-state index is 0.465. The first-order chi connectivity index (χ1) is 7.67. The van der Waals surface area contributed by atoms with E-state index in [2.05, 4.69) is 20.8 Å². The topological polar surface area (TPSA) is 0 Å². The van der Waals surface area contributed by atoms with Gasteiger partial charge in [-0.1, -0.05) is 46.5 Å². The van der Waals surface area contributed by atoms with Crippen molar-refractivity contribution in [1.82, 2.24) is 0 Å². The molecular weight excluding hydrogens is 216 g/mol. The van der Waals surface area contributed by atoms with Crippen molar-refractivity contribution in [2.45, 2.75) is 77.5 Å². The minimum Gasteiger partial charge on any atom is -0.123 e. The van der Waals surface area contributed by atoms with E-state index in [1.807, 2.05) is 0 Å². The molecule has 0 amide bonds. The summed E-state index contributed by atoms with van der Waals surface area (Å²) < 4.78 is 0. The molecule has 0 saturated heterocycles. The molecule has 4 atom stereocenters. The largest absolute Gasteiger partial charge is 0.123 e. The Morgan fingerprint density at radius 2 is 1.94 bits per heavy atom. The van der Waals surface area contributed by atoms with Gasteiger partial charge in [0.15, 0.2) is 0 Å². The van der Waals surface area contributed by atoms with Crippen molar-refractivity contribution < 1.29 is 0 Å². The van der Waals surface area contributed by atoms with Crippen LogP contribution in [0.2, 0.25) is 0 Å². The molecule has 0 bridgehead atoms. The molecule has 16 heavy (non-hydrogen) atoms. The molecule has 1 heteroatoms. The van der Waals surface area contributed by atoms with Crippen molar-refractivity contribution in [1.29, 1.82) is 0 Å². The molecule has 0 spiro atoms. The number of hydrogen-bond acceptors (Lipinski definition) is 0. The van der Waals surface area contributed by atoms with Crippen LogP contribution in [0.3, 0.4) is 0 Å². The second-order valence-corrected chi connectivity index (χ2v) is 6.43. The lowest BCUT2D eigenvalue weighted by molar-refractivity contribution is 0.223. The summed E-state index contributed by atoms with van der Waals surface area (Å²) in [4.78, 5) is 0. The van der Waals surface area contributed by atoms with Gasteiger partial charge >= 0.3 is 0 Å². The zero-order chi connectivity index (χ0) is 12.0. The number of rotatable bonds is 6. The maximum atomic E-state index is 6.49. The van der Waals surface area contributed by atoms with Crippen molar-refractivity contribution >= 4 is 11.6 Å². The summed E-state index contributed by atoms with van der Waals surface area (Å²) in [5, 5.41) is 0.465. The molecule has 0 aromatic heterocycles. The molecule has 0 aliphatic heterocycles. The van der Waals surface area contributed by atoms with Crippen LogP contribution in [-0.2, 0) is 0 Å². The summed E-state index contributed by atoms with van der Waals surface area (Å²) in [7, 11) is 0. The number of halogens is 1. The molecule has 0 aromatic carbocycles. The fraction of sp³-hybridized carbons (Fsp3) is 1.00. The van der Waals surface area contributed by atoms with Gasteiger partial charge in [0.1, 0.15) is 0 Å². The SMILES string of the molecule is CCCC(C)CC1CC(CCC)CCC1Cl. The summed E-state index contributed by atoms with van der Waals surface area (Å²) in [5.74, 6) is 2.64. The molecule has 0 heterocycles. The summed E-state index contributed by atoms with van der Waals surface area (Å²) in [6.07, 6.45) is 10.9. The van der Waals surface area contributed by atoms with Gasteiger partial charge in [-0.2, -0.15) is 0 Å². The van der Waals surface area contributed by atoms with Crippen molar-refractivity contribution in [2.75, 3.05) is 0 Å². The van der Waals surface area contributed by atoms with Crippen LogP contribution in [0.15, 0.2) is 0 Å². The van der Waals surface area contributed by atoms with Gasteiger partial charge in [0, 0.05) is 5.38 Å². The van der Waals surface area contributed by atoms with Gasteiger partial charge in [-0.25, -0.2) is 0 Å². The van der Waals surface area contributed by atoms with E-state index in [1.165, 1.54) is 51.4 Å². The first-order valence-corrected chi connectivity index (χ1v) is 7.75. The average Bonchev–Trinajstić information content (AvgIpc) is 2.24.